The molecule has 102 valence electrons. The summed E-state index contributed by atoms with van der Waals surface area (Å²) in [5.74, 6) is -0.146. The summed E-state index contributed by atoms with van der Waals surface area (Å²) in [6.45, 7) is 0. The molecule has 1 saturated carbocycles. The van der Waals surface area contributed by atoms with E-state index in [9.17, 15) is 4.79 Å². The second-order valence-electron chi connectivity index (χ2n) is 5.70. The summed E-state index contributed by atoms with van der Waals surface area (Å²) >= 11 is 0. The van der Waals surface area contributed by atoms with E-state index in [1.165, 1.54) is 43.9 Å². The summed E-state index contributed by atoms with van der Waals surface area (Å²) < 4.78 is 5.00. The van der Waals surface area contributed by atoms with E-state index in [4.69, 9.17) is 4.74 Å². The van der Waals surface area contributed by atoms with Crippen molar-refractivity contribution >= 4 is 5.97 Å². The van der Waals surface area contributed by atoms with Crippen LogP contribution in [0.15, 0.2) is 18.2 Å². The zero-order valence-corrected chi connectivity index (χ0v) is 11.7. The number of nitrogens with zero attached hydrogens (tertiary/aromatic N) is 1. The predicted octanol–water partition coefficient (Wildman–Crippen LogP) is 2.48. The van der Waals surface area contributed by atoms with Gasteiger partial charge in [-0.2, -0.15) is 0 Å². The Morgan fingerprint density at radius 1 is 1.32 bits per heavy atom. The lowest BCUT2D eigenvalue weighted by Gasteiger charge is -2.26. The SMILES string of the molecule is COC(=O)C(c1ccc2c(c1)CCC2)N(C)C1CC1. The fourth-order valence-corrected chi connectivity index (χ4v) is 3.10. The van der Waals surface area contributed by atoms with Crippen LogP contribution in [0.5, 0.6) is 0 Å². The standard InChI is InChI=1S/C16H21NO2/c1-17(14-8-9-14)15(16(18)19-2)13-7-6-11-4-3-5-12(11)10-13/h6-7,10,14-15H,3-5,8-9H2,1-2H3. The minimum atomic E-state index is -0.247. The molecule has 0 amide bonds. The van der Waals surface area contributed by atoms with Gasteiger partial charge in [-0.15, -0.1) is 0 Å². The number of hydrogen-bond acceptors (Lipinski definition) is 3. The number of fused-ring (bicyclic) bond motifs is 1. The number of hydrogen-bond donors (Lipinski definition) is 0. The molecule has 3 rings (SSSR count). The van der Waals surface area contributed by atoms with Gasteiger partial charge >= 0.3 is 5.97 Å². The largest absolute Gasteiger partial charge is 0.468 e. The van der Waals surface area contributed by atoms with E-state index < -0.39 is 0 Å². The van der Waals surface area contributed by atoms with E-state index in [1.54, 1.807) is 0 Å². The molecule has 1 atom stereocenters. The molecule has 2 aliphatic rings. The number of esters is 1. The maximum atomic E-state index is 12.1. The van der Waals surface area contributed by atoms with Crippen molar-refractivity contribution in [3.8, 4) is 0 Å². The topological polar surface area (TPSA) is 29.5 Å². The lowest BCUT2D eigenvalue weighted by atomic mass is 10.00. The number of carbonyl (C=O) groups excluding carboxylic acids is 1. The van der Waals surface area contributed by atoms with Crippen molar-refractivity contribution in [1.82, 2.24) is 4.90 Å². The summed E-state index contributed by atoms with van der Waals surface area (Å²) in [7, 11) is 3.51. The lowest BCUT2D eigenvalue weighted by molar-refractivity contribution is -0.147. The van der Waals surface area contributed by atoms with Crippen molar-refractivity contribution in [1.29, 1.82) is 0 Å². The van der Waals surface area contributed by atoms with Gasteiger partial charge in [0.25, 0.3) is 0 Å². The highest BCUT2D eigenvalue weighted by Crippen LogP contribution is 2.35. The molecule has 1 aromatic rings. The average molecular weight is 259 g/mol. The van der Waals surface area contributed by atoms with Crippen molar-refractivity contribution in [2.75, 3.05) is 14.2 Å². The van der Waals surface area contributed by atoms with Crippen LogP contribution < -0.4 is 0 Å². The van der Waals surface area contributed by atoms with Crippen LogP contribution in [0.4, 0.5) is 0 Å². The number of ether oxygens (including phenoxy) is 1. The quantitative estimate of drug-likeness (QED) is 0.778. The summed E-state index contributed by atoms with van der Waals surface area (Å²) in [6.07, 6.45) is 5.94. The van der Waals surface area contributed by atoms with E-state index in [2.05, 4.69) is 23.1 Å². The van der Waals surface area contributed by atoms with Crippen LogP contribution in [-0.4, -0.2) is 31.1 Å². The average Bonchev–Trinajstić information content (AvgIpc) is 3.17. The molecule has 1 aromatic carbocycles. The van der Waals surface area contributed by atoms with Gasteiger partial charge in [0.15, 0.2) is 0 Å². The monoisotopic (exact) mass is 259 g/mol. The number of aryl methyl sites for hydroxylation is 2. The van der Waals surface area contributed by atoms with Crippen molar-refractivity contribution in [3.63, 3.8) is 0 Å². The van der Waals surface area contributed by atoms with Crippen LogP contribution in [0.3, 0.4) is 0 Å². The fraction of sp³-hybridized carbons (Fsp3) is 0.562. The lowest BCUT2D eigenvalue weighted by Crippen LogP contribution is -2.33. The molecular formula is C16H21NO2. The Morgan fingerprint density at radius 3 is 2.74 bits per heavy atom. The minimum Gasteiger partial charge on any atom is -0.468 e. The Morgan fingerprint density at radius 2 is 2.05 bits per heavy atom. The highest BCUT2D eigenvalue weighted by molar-refractivity contribution is 5.77. The molecule has 0 saturated heterocycles. The molecular weight excluding hydrogens is 238 g/mol. The molecule has 0 radical (unpaired) electrons. The molecule has 1 unspecified atom stereocenters. The number of methoxy groups -OCH3 is 1. The number of carbonyl (C=O) groups is 1. The van der Waals surface area contributed by atoms with E-state index in [-0.39, 0.29) is 12.0 Å². The molecule has 19 heavy (non-hydrogen) atoms. The highest BCUT2D eigenvalue weighted by atomic mass is 16.5. The maximum absolute atomic E-state index is 12.1. The zero-order valence-electron chi connectivity index (χ0n) is 11.7. The van der Waals surface area contributed by atoms with Gasteiger partial charge in [-0.3, -0.25) is 4.90 Å². The molecule has 0 spiro atoms. The molecule has 3 nitrogen and oxygen atoms in total. The number of benzene rings is 1. The van der Waals surface area contributed by atoms with Crippen molar-refractivity contribution in [3.05, 3.63) is 34.9 Å². The van der Waals surface area contributed by atoms with Gasteiger partial charge in [-0.05, 0) is 55.8 Å². The summed E-state index contributed by atoms with van der Waals surface area (Å²) in [5.41, 5.74) is 3.94. The Hall–Kier alpha value is -1.35. The van der Waals surface area contributed by atoms with E-state index in [1.807, 2.05) is 7.05 Å². The third kappa shape index (κ3) is 2.39. The first-order valence-electron chi connectivity index (χ1n) is 7.12. The van der Waals surface area contributed by atoms with Gasteiger partial charge in [-0.1, -0.05) is 18.2 Å². The minimum absolute atomic E-state index is 0.146. The fourth-order valence-electron chi connectivity index (χ4n) is 3.10. The smallest absolute Gasteiger partial charge is 0.327 e. The van der Waals surface area contributed by atoms with Crippen molar-refractivity contribution < 1.29 is 9.53 Å². The molecule has 3 heteroatoms. The van der Waals surface area contributed by atoms with Crippen LogP contribution in [0, 0.1) is 0 Å². The first kappa shape index (κ1) is 12.7. The Labute approximate surface area is 114 Å². The summed E-state index contributed by atoms with van der Waals surface area (Å²) in [6, 6.07) is 6.79. The van der Waals surface area contributed by atoms with Gasteiger partial charge in [0.05, 0.1) is 7.11 Å². The Kier molecular flexibility index (Phi) is 3.31. The molecule has 2 aliphatic carbocycles. The van der Waals surface area contributed by atoms with Crippen LogP contribution in [0.25, 0.3) is 0 Å². The highest BCUT2D eigenvalue weighted by Gasteiger charge is 2.36. The predicted molar refractivity (Wildman–Crippen MR) is 74.0 cm³/mol. The van der Waals surface area contributed by atoms with Crippen LogP contribution in [0.1, 0.15) is 42.0 Å². The normalized spacial score (nSPS) is 19.3. The van der Waals surface area contributed by atoms with Gasteiger partial charge in [-0.25, -0.2) is 4.79 Å². The van der Waals surface area contributed by atoms with E-state index in [0.717, 1.165) is 12.0 Å². The second kappa shape index (κ2) is 4.97. The van der Waals surface area contributed by atoms with Crippen LogP contribution in [-0.2, 0) is 22.4 Å². The van der Waals surface area contributed by atoms with Crippen LogP contribution in [0.2, 0.25) is 0 Å². The third-order valence-electron chi connectivity index (χ3n) is 4.39. The molecule has 1 fully saturated rings. The van der Waals surface area contributed by atoms with Gasteiger partial charge in [0, 0.05) is 6.04 Å². The van der Waals surface area contributed by atoms with Crippen LogP contribution >= 0.6 is 0 Å². The second-order valence-corrected chi connectivity index (χ2v) is 5.70. The van der Waals surface area contributed by atoms with E-state index >= 15 is 0 Å². The molecule has 0 aliphatic heterocycles. The number of rotatable bonds is 4. The first-order chi connectivity index (χ1) is 9.20. The Balaban J connectivity index is 1.92. The molecule has 0 bridgehead atoms. The third-order valence-corrected chi connectivity index (χ3v) is 4.39. The van der Waals surface area contributed by atoms with E-state index in [0.29, 0.717) is 6.04 Å². The molecule has 0 aromatic heterocycles. The van der Waals surface area contributed by atoms with Gasteiger partial charge < -0.3 is 4.74 Å². The van der Waals surface area contributed by atoms with Crippen molar-refractivity contribution in [2.45, 2.75) is 44.2 Å². The summed E-state index contributed by atoms with van der Waals surface area (Å²) in [4.78, 5) is 14.3. The number of likely N-dealkylation sites (N-methyl/N-ethyl adjacent to an activating group) is 1. The van der Waals surface area contributed by atoms with Crippen molar-refractivity contribution in [2.24, 2.45) is 0 Å². The first-order valence-corrected chi connectivity index (χ1v) is 7.12. The Bertz CT molecular complexity index is 494. The van der Waals surface area contributed by atoms with Gasteiger partial charge in [0.1, 0.15) is 6.04 Å². The molecule has 0 N–H and O–H groups in total. The maximum Gasteiger partial charge on any atom is 0.327 e. The molecule has 0 heterocycles. The zero-order chi connectivity index (χ0) is 13.4. The van der Waals surface area contributed by atoms with Gasteiger partial charge in [0.2, 0.25) is 0 Å². The summed E-state index contributed by atoms with van der Waals surface area (Å²) in [5, 5.41) is 0.